The zero-order valence-electron chi connectivity index (χ0n) is 8.71. The molecule has 0 aliphatic heterocycles. The molecule has 80 valence electrons. The molecular weight excluding hydrogens is 220 g/mol. The van der Waals surface area contributed by atoms with E-state index in [1.165, 1.54) is 16.5 Å². The summed E-state index contributed by atoms with van der Waals surface area (Å²) in [6.45, 7) is 0. The fourth-order valence-corrected chi connectivity index (χ4v) is 2.28. The topological polar surface area (TPSA) is 65.9 Å². The van der Waals surface area contributed by atoms with Crippen LogP contribution in [-0.2, 0) is 0 Å². The molecule has 16 heavy (non-hydrogen) atoms. The minimum Gasteiger partial charge on any atom is -0.296 e. The van der Waals surface area contributed by atoms with Gasteiger partial charge in [-0.2, -0.15) is 9.64 Å². The van der Waals surface area contributed by atoms with Crippen LogP contribution >= 0.6 is 11.5 Å². The lowest BCUT2D eigenvalue weighted by Crippen LogP contribution is -2.26. The van der Waals surface area contributed by atoms with Crippen molar-refractivity contribution in [2.75, 3.05) is 12.1 Å². The van der Waals surface area contributed by atoms with E-state index in [1.807, 2.05) is 30.3 Å². The summed E-state index contributed by atoms with van der Waals surface area (Å²) in [5.74, 6) is 6.13. The van der Waals surface area contributed by atoms with Gasteiger partial charge in [-0.1, -0.05) is 30.3 Å². The Balaban J connectivity index is 2.56. The molecule has 1 aromatic carbocycles. The number of nitrogens with zero attached hydrogens (tertiary/aromatic N) is 3. The van der Waals surface area contributed by atoms with Gasteiger partial charge < -0.3 is 0 Å². The van der Waals surface area contributed by atoms with Gasteiger partial charge in [-0.3, -0.25) is 5.01 Å². The van der Waals surface area contributed by atoms with E-state index in [1.54, 1.807) is 7.05 Å². The van der Waals surface area contributed by atoms with Crippen LogP contribution in [0.1, 0.15) is 5.56 Å². The largest absolute Gasteiger partial charge is 0.296 e. The van der Waals surface area contributed by atoms with Crippen molar-refractivity contribution >= 4 is 17.4 Å². The van der Waals surface area contributed by atoms with Gasteiger partial charge in [-0.05, 0) is 17.1 Å². The summed E-state index contributed by atoms with van der Waals surface area (Å²) in [6, 6.07) is 11.9. The van der Waals surface area contributed by atoms with E-state index in [0.29, 0.717) is 11.4 Å². The molecule has 0 saturated carbocycles. The minimum atomic E-state index is 0.520. The molecule has 0 aliphatic rings. The van der Waals surface area contributed by atoms with E-state index in [4.69, 9.17) is 11.1 Å². The van der Waals surface area contributed by atoms with E-state index in [-0.39, 0.29) is 0 Å². The molecule has 4 nitrogen and oxygen atoms in total. The van der Waals surface area contributed by atoms with Gasteiger partial charge in [-0.25, -0.2) is 5.84 Å². The number of hydrazine groups is 1. The first-order valence-corrected chi connectivity index (χ1v) is 5.45. The summed E-state index contributed by atoms with van der Waals surface area (Å²) < 4.78 is 4.18. The van der Waals surface area contributed by atoms with Gasteiger partial charge in [0.25, 0.3) is 0 Å². The van der Waals surface area contributed by atoms with Crippen molar-refractivity contribution in [1.29, 1.82) is 5.26 Å². The van der Waals surface area contributed by atoms with E-state index in [2.05, 4.69) is 10.4 Å². The second-order valence-corrected chi connectivity index (χ2v) is 4.07. The van der Waals surface area contributed by atoms with Gasteiger partial charge in [0.1, 0.15) is 11.6 Å². The lowest BCUT2D eigenvalue weighted by Gasteiger charge is -2.07. The number of aromatic nitrogens is 1. The summed E-state index contributed by atoms with van der Waals surface area (Å²) in [5, 5.41) is 10.5. The lowest BCUT2D eigenvalue weighted by molar-refractivity contribution is 0.993. The van der Waals surface area contributed by atoms with Crippen LogP contribution in [-0.4, -0.2) is 11.4 Å². The molecule has 0 atom stereocenters. The number of hydrogen-bond donors (Lipinski definition) is 1. The maximum absolute atomic E-state index is 9.13. The number of anilines is 1. The van der Waals surface area contributed by atoms with Gasteiger partial charge in [-0.15, -0.1) is 0 Å². The molecule has 2 N–H and O–H groups in total. The molecule has 0 amide bonds. The molecule has 1 heterocycles. The fraction of sp³-hybridized carbons (Fsp3) is 0.0909. The van der Waals surface area contributed by atoms with Crippen molar-refractivity contribution in [2.45, 2.75) is 0 Å². The molecule has 1 aromatic heterocycles. The Bertz CT molecular complexity index is 525. The van der Waals surface area contributed by atoms with Crippen molar-refractivity contribution in [1.82, 2.24) is 4.37 Å². The fourth-order valence-electron chi connectivity index (χ4n) is 1.41. The van der Waals surface area contributed by atoms with Gasteiger partial charge in [0.15, 0.2) is 5.82 Å². The van der Waals surface area contributed by atoms with Crippen molar-refractivity contribution < 1.29 is 0 Å². The number of nitrogens with two attached hydrogens (primary N) is 1. The Morgan fingerprint density at radius 2 is 2.06 bits per heavy atom. The zero-order chi connectivity index (χ0) is 11.5. The molecular formula is C11H10N4S. The Morgan fingerprint density at radius 1 is 1.38 bits per heavy atom. The molecule has 2 rings (SSSR count). The van der Waals surface area contributed by atoms with Crippen molar-refractivity contribution in [2.24, 2.45) is 5.84 Å². The first-order valence-electron chi connectivity index (χ1n) is 4.67. The predicted octanol–water partition coefficient (Wildman–Crippen LogP) is 1.99. The monoisotopic (exact) mass is 230 g/mol. The average molecular weight is 230 g/mol. The molecule has 2 aromatic rings. The summed E-state index contributed by atoms with van der Waals surface area (Å²) in [6.07, 6.45) is 0. The number of nitriles is 1. The van der Waals surface area contributed by atoms with Gasteiger partial charge >= 0.3 is 0 Å². The van der Waals surface area contributed by atoms with E-state index in [9.17, 15) is 0 Å². The van der Waals surface area contributed by atoms with Crippen LogP contribution < -0.4 is 10.9 Å². The summed E-state index contributed by atoms with van der Waals surface area (Å²) in [7, 11) is 1.67. The number of benzene rings is 1. The van der Waals surface area contributed by atoms with Crippen LogP contribution in [0.5, 0.6) is 0 Å². The minimum absolute atomic E-state index is 0.520. The highest BCUT2D eigenvalue weighted by Gasteiger charge is 2.16. The van der Waals surface area contributed by atoms with Gasteiger partial charge in [0.05, 0.1) is 4.88 Å². The first-order chi connectivity index (χ1) is 7.74. The highest BCUT2D eigenvalue weighted by Crippen LogP contribution is 2.32. The maximum Gasteiger partial charge on any atom is 0.174 e. The summed E-state index contributed by atoms with van der Waals surface area (Å²) in [5.41, 5.74) is 1.52. The van der Waals surface area contributed by atoms with Crippen LogP contribution in [0.4, 0.5) is 5.82 Å². The second kappa shape index (κ2) is 4.31. The van der Waals surface area contributed by atoms with Gasteiger partial charge in [0.2, 0.25) is 0 Å². The highest BCUT2D eigenvalue weighted by molar-refractivity contribution is 7.10. The van der Waals surface area contributed by atoms with E-state index >= 15 is 0 Å². The molecule has 0 aliphatic carbocycles. The second-order valence-electron chi connectivity index (χ2n) is 3.30. The molecule has 0 saturated heterocycles. The van der Waals surface area contributed by atoms with Gasteiger partial charge in [0, 0.05) is 7.05 Å². The Hall–Kier alpha value is -1.90. The summed E-state index contributed by atoms with van der Waals surface area (Å²) in [4.78, 5) is 0.857. The quantitative estimate of drug-likeness (QED) is 0.633. The van der Waals surface area contributed by atoms with Crippen LogP contribution in [0.2, 0.25) is 0 Å². The zero-order valence-corrected chi connectivity index (χ0v) is 9.53. The Kier molecular flexibility index (Phi) is 2.86. The van der Waals surface area contributed by atoms with Crippen molar-refractivity contribution in [3.8, 4) is 16.5 Å². The van der Waals surface area contributed by atoms with E-state index in [0.717, 1.165) is 10.4 Å². The average Bonchev–Trinajstić information content (AvgIpc) is 2.73. The third-order valence-corrected chi connectivity index (χ3v) is 3.04. The number of rotatable bonds is 2. The molecule has 0 spiro atoms. The van der Waals surface area contributed by atoms with Crippen LogP contribution in [0, 0.1) is 11.3 Å². The number of hydrogen-bond acceptors (Lipinski definition) is 5. The molecule has 0 fully saturated rings. The first kappa shape index (κ1) is 10.6. The maximum atomic E-state index is 9.13. The smallest absolute Gasteiger partial charge is 0.174 e. The van der Waals surface area contributed by atoms with Crippen LogP contribution in [0.25, 0.3) is 10.4 Å². The lowest BCUT2D eigenvalue weighted by atomic mass is 10.1. The Labute approximate surface area is 97.7 Å². The third kappa shape index (κ3) is 1.76. The normalized spacial score (nSPS) is 9.81. The Morgan fingerprint density at radius 3 is 2.62 bits per heavy atom. The van der Waals surface area contributed by atoms with Crippen molar-refractivity contribution in [3.05, 3.63) is 35.9 Å². The summed E-state index contributed by atoms with van der Waals surface area (Å²) >= 11 is 1.29. The molecule has 0 unspecified atom stereocenters. The molecule has 0 bridgehead atoms. The molecule has 5 heteroatoms. The van der Waals surface area contributed by atoms with Crippen molar-refractivity contribution in [3.63, 3.8) is 0 Å². The predicted molar refractivity (Wildman–Crippen MR) is 64.9 cm³/mol. The van der Waals surface area contributed by atoms with Crippen LogP contribution in [0.15, 0.2) is 30.3 Å². The van der Waals surface area contributed by atoms with E-state index < -0.39 is 0 Å². The standard InChI is InChI=1S/C11H10N4S/c1-15(13)11-9(7-12)10(16-14-11)8-5-3-2-4-6-8/h2-6H,13H2,1H3. The SMILES string of the molecule is CN(N)c1nsc(-c2ccccc2)c1C#N. The molecule has 0 radical (unpaired) electrons. The van der Waals surface area contributed by atoms with Crippen LogP contribution in [0.3, 0.4) is 0 Å². The third-order valence-electron chi connectivity index (χ3n) is 2.16. The highest BCUT2D eigenvalue weighted by atomic mass is 32.1.